The van der Waals surface area contributed by atoms with Crippen molar-refractivity contribution in [1.82, 2.24) is 4.98 Å². The second kappa shape index (κ2) is 10.8. The average molecular weight is 444 g/mol. The average Bonchev–Trinajstić information content (AvgIpc) is 2.73. The summed E-state index contributed by atoms with van der Waals surface area (Å²) < 4.78 is 11.9. The highest BCUT2D eigenvalue weighted by molar-refractivity contribution is 5.94. The SMILES string of the molecule is CC(C)[C@@H]1CC[C@@H](C)C[C@@H]1OC(=O)c1cncc(C(=O)O[C@H]2C[C@H](C)CC[C@H]2C(C)C)c1. The minimum atomic E-state index is -0.400. The lowest BCUT2D eigenvalue weighted by Crippen LogP contribution is -2.36. The van der Waals surface area contributed by atoms with Crippen LogP contribution in [0.4, 0.5) is 0 Å². The van der Waals surface area contributed by atoms with E-state index < -0.39 is 11.9 Å². The molecule has 1 aromatic rings. The van der Waals surface area contributed by atoms with Crippen LogP contribution in [0.25, 0.3) is 0 Å². The maximum Gasteiger partial charge on any atom is 0.340 e. The fourth-order valence-electron chi connectivity index (χ4n) is 5.57. The van der Waals surface area contributed by atoms with Crippen molar-refractivity contribution in [2.45, 2.75) is 92.3 Å². The third-order valence-corrected chi connectivity index (χ3v) is 7.65. The van der Waals surface area contributed by atoms with Crippen molar-refractivity contribution in [2.24, 2.45) is 35.5 Å². The Hall–Kier alpha value is -1.91. The first-order valence-electron chi connectivity index (χ1n) is 12.5. The summed E-state index contributed by atoms with van der Waals surface area (Å²) in [5.41, 5.74) is 0.634. The third kappa shape index (κ3) is 6.11. The minimum absolute atomic E-state index is 0.0858. The van der Waals surface area contributed by atoms with Crippen LogP contribution in [-0.4, -0.2) is 29.1 Å². The van der Waals surface area contributed by atoms with Gasteiger partial charge in [0.15, 0.2) is 0 Å². The van der Waals surface area contributed by atoms with Gasteiger partial charge in [-0.2, -0.15) is 0 Å². The number of rotatable bonds is 6. The fourth-order valence-corrected chi connectivity index (χ4v) is 5.57. The molecule has 0 aliphatic heterocycles. The number of nitrogens with zero attached hydrogens (tertiary/aromatic N) is 1. The normalized spacial score (nSPS) is 30.9. The molecule has 32 heavy (non-hydrogen) atoms. The second-order valence-corrected chi connectivity index (χ2v) is 11.0. The van der Waals surface area contributed by atoms with Crippen LogP contribution in [0.15, 0.2) is 18.5 Å². The molecular formula is C27H41NO4. The van der Waals surface area contributed by atoms with Gasteiger partial charge in [-0.15, -0.1) is 0 Å². The minimum Gasteiger partial charge on any atom is -0.458 e. The molecular weight excluding hydrogens is 402 g/mol. The summed E-state index contributed by atoms with van der Waals surface area (Å²) >= 11 is 0. The highest BCUT2D eigenvalue weighted by Crippen LogP contribution is 2.37. The molecule has 0 bridgehead atoms. The largest absolute Gasteiger partial charge is 0.458 e. The molecule has 1 aromatic heterocycles. The van der Waals surface area contributed by atoms with E-state index >= 15 is 0 Å². The van der Waals surface area contributed by atoms with Crippen LogP contribution >= 0.6 is 0 Å². The highest BCUT2D eigenvalue weighted by atomic mass is 16.5. The summed E-state index contributed by atoms with van der Waals surface area (Å²) in [4.78, 5) is 30.0. The van der Waals surface area contributed by atoms with E-state index in [9.17, 15) is 9.59 Å². The Morgan fingerprint density at radius 3 is 1.56 bits per heavy atom. The van der Waals surface area contributed by atoms with Crippen molar-refractivity contribution >= 4 is 11.9 Å². The molecule has 2 saturated carbocycles. The van der Waals surface area contributed by atoms with Crippen molar-refractivity contribution < 1.29 is 19.1 Å². The number of aromatic nitrogens is 1. The summed E-state index contributed by atoms with van der Waals surface area (Å²) in [6.45, 7) is 13.2. The molecule has 1 heterocycles. The lowest BCUT2D eigenvalue weighted by atomic mass is 9.75. The molecule has 5 nitrogen and oxygen atoms in total. The molecule has 0 unspecified atom stereocenters. The van der Waals surface area contributed by atoms with Crippen LogP contribution in [0.3, 0.4) is 0 Å². The number of hydrogen-bond acceptors (Lipinski definition) is 5. The topological polar surface area (TPSA) is 65.5 Å². The summed E-state index contributed by atoms with van der Waals surface area (Å²) in [5, 5.41) is 0. The molecule has 2 aliphatic carbocycles. The molecule has 0 spiro atoms. The van der Waals surface area contributed by atoms with Crippen molar-refractivity contribution in [1.29, 1.82) is 0 Å². The number of esters is 2. The number of ether oxygens (including phenoxy) is 2. The number of carbonyl (C=O) groups excluding carboxylic acids is 2. The van der Waals surface area contributed by atoms with Gasteiger partial charge >= 0.3 is 11.9 Å². The predicted molar refractivity (Wildman–Crippen MR) is 125 cm³/mol. The quantitative estimate of drug-likeness (QED) is 0.482. The van der Waals surface area contributed by atoms with Gasteiger partial charge in [0, 0.05) is 12.4 Å². The van der Waals surface area contributed by atoms with Crippen molar-refractivity contribution in [2.75, 3.05) is 0 Å². The lowest BCUT2D eigenvalue weighted by Gasteiger charge is -2.36. The Kier molecular flexibility index (Phi) is 8.35. The van der Waals surface area contributed by atoms with Gasteiger partial charge in [0.1, 0.15) is 12.2 Å². The summed E-state index contributed by atoms with van der Waals surface area (Å²) in [5.74, 6) is 1.97. The summed E-state index contributed by atoms with van der Waals surface area (Å²) in [7, 11) is 0. The summed E-state index contributed by atoms with van der Waals surface area (Å²) in [6.07, 6.45) is 9.09. The van der Waals surface area contributed by atoms with Gasteiger partial charge in [0.05, 0.1) is 11.1 Å². The molecule has 0 radical (unpaired) electrons. The maximum atomic E-state index is 12.9. The molecule has 178 valence electrons. The second-order valence-electron chi connectivity index (χ2n) is 11.0. The van der Waals surface area contributed by atoms with E-state index in [0.29, 0.717) is 46.6 Å². The van der Waals surface area contributed by atoms with Crippen LogP contribution in [-0.2, 0) is 9.47 Å². The van der Waals surface area contributed by atoms with E-state index in [1.165, 1.54) is 25.2 Å². The van der Waals surface area contributed by atoms with Crippen molar-refractivity contribution in [3.05, 3.63) is 29.6 Å². The van der Waals surface area contributed by atoms with Crippen molar-refractivity contribution in [3.63, 3.8) is 0 Å². The van der Waals surface area contributed by atoms with Crippen LogP contribution < -0.4 is 0 Å². The van der Waals surface area contributed by atoms with E-state index in [2.05, 4.69) is 46.5 Å². The Bertz CT molecular complexity index is 728. The van der Waals surface area contributed by atoms with Crippen molar-refractivity contribution in [3.8, 4) is 0 Å². The smallest absolute Gasteiger partial charge is 0.340 e. The van der Waals surface area contributed by atoms with E-state index in [4.69, 9.17) is 9.47 Å². The van der Waals surface area contributed by atoms with Crippen LogP contribution in [0.2, 0.25) is 0 Å². The monoisotopic (exact) mass is 443 g/mol. The molecule has 2 fully saturated rings. The highest BCUT2D eigenvalue weighted by Gasteiger charge is 2.35. The first kappa shape index (κ1) is 24.7. The fraction of sp³-hybridized carbons (Fsp3) is 0.741. The van der Waals surface area contributed by atoms with E-state index in [1.54, 1.807) is 6.07 Å². The zero-order chi connectivity index (χ0) is 23.4. The molecule has 2 aliphatic rings. The molecule has 6 atom stereocenters. The van der Waals surface area contributed by atoms with Crippen LogP contribution in [0.1, 0.15) is 101 Å². The Morgan fingerprint density at radius 2 is 1.19 bits per heavy atom. The van der Waals surface area contributed by atoms with Gasteiger partial charge in [0.25, 0.3) is 0 Å². The maximum absolute atomic E-state index is 12.9. The van der Waals surface area contributed by atoms with Gasteiger partial charge in [-0.1, -0.05) is 54.4 Å². The lowest BCUT2D eigenvalue weighted by molar-refractivity contribution is -0.0175. The number of pyridine rings is 1. The molecule has 0 N–H and O–H groups in total. The first-order valence-corrected chi connectivity index (χ1v) is 12.5. The van der Waals surface area contributed by atoms with E-state index in [-0.39, 0.29) is 12.2 Å². The molecule has 0 amide bonds. The standard InChI is InChI=1S/C27H41NO4/c1-16(2)22-9-7-18(5)11-24(22)31-26(29)20-13-21(15-28-14-20)27(30)32-25-12-19(6)8-10-23(25)17(3)4/h13-19,22-25H,7-12H2,1-6H3/t18-,19-,22+,23+,24+,25+/m1/s1. The van der Waals surface area contributed by atoms with Gasteiger partial charge in [-0.25, -0.2) is 9.59 Å². The summed E-state index contributed by atoms with van der Waals surface area (Å²) in [6, 6.07) is 1.57. The van der Waals surface area contributed by atoms with Crippen LogP contribution in [0, 0.1) is 35.5 Å². The van der Waals surface area contributed by atoms with Gasteiger partial charge in [-0.3, -0.25) is 4.98 Å². The molecule has 0 aromatic carbocycles. The zero-order valence-corrected chi connectivity index (χ0v) is 20.7. The van der Waals surface area contributed by atoms with Gasteiger partial charge in [-0.05, 0) is 67.3 Å². The Labute approximate surface area is 193 Å². The molecule has 3 rings (SSSR count). The van der Waals surface area contributed by atoms with Crippen LogP contribution in [0.5, 0.6) is 0 Å². The van der Waals surface area contributed by atoms with Gasteiger partial charge in [0.2, 0.25) is 0 Å². The van der Waals surface area contributed by atoms with E-state index in [1.807, 2.05) is 0 Å². The number of hydrogen-bond donors (Lipinski definition) is 0. The third-order valence-electron chi connectivity index (χ3n) is 7.65. The molecule has 5 heteroatoms. The Morgan fingerprint density at radius 1 is 0.781 bits per heavy atom. The molecule has 0 saturated heterocycles. The van der Waals surface area contributed by atoms with Gasteiger partial charge < -0.3 is 9.47 Å². The first-order chi connectivity index (χ1) is 15.2. The zero-order valence-electron chi connectivity index (χ0n) is 20.7. The van der Waals surface area contributed by atoms with E-state index in [0.717, 1.165) is 25.7 Å². The predicted octanol–water partition coefficient (Wildman–Crippen LogP) is 6.32. The number of carbonyl (C=O) groups is 2. The Balaban J connectivity index is 1.68.